The second-order valence-electron chi connectivity index (χ2n) is 5.86. The fourth-order valence-corrected chi connectivity index (χ4v) is 4.49. The number of nitrogens with one attached hydrogen (secondary N) is 1. The Morgan fingerprint density at radius 2 is 1.52 bits per heavy atom. The van der Waals surface area contributed by atoms with Gasteiger partial charge in [0, 0.05) is 0 Å². The van der Waals surface area contributed by atoms with Gasteiger partial charge in [-0.05, 0) is 68.2 Å². The Balaban J connectivity index is 1.68. The Labute approximate surface area is 137 Å². The van der Waals surface area contributed by atoms with Gasteiger partial charge in [-0.15, -0.1) is 0 Å². The molecule has 0 aliphatic carbocycles. The molecule has 5 heteroatoms. The van der Waals surface area contributed by atoms with Gasteiger partial charge in [0.15, 0.2) is 9.84 Å². The number of ether oxygens (including phenoxy) is 1. The predicted molar refractivity (Wildman–Crippen MR) is 90.6 cm³/mol. The van der Waals surface area contributed by atoms with E-state index >= 15 is 0 Å². The highest BCUT2D eigenvalue weighted by Crippen LogP contribution is 2.25. The maximum Gasteiger partial charge on any atom is 0.178 e. The lowest BCUT2D eigenvalue weighted by Crippen LogP contribution is -2.31. The monoisotopic (exact) mass is 331 g/mol. The summed E-state index contributed by atoms with van der Waals surface area (Å²) in [4.78, 5) is 0.372. The first-order valence-corrected chi connectivity index (χ1v) is 9.55. The summed E-state index contributed by atoms with van der Waals surface area (Å²) in [5, 5.41) is 3.26. The lowest BCUT2D eigenvalue weighted by Gasteiger charge is -2.22. The summed E-state index contributed by atoms with van der Waals surface area (Å²) in [7, 11) is -3.23. The summed E-state index contributed by atoms with van der Waals surface area (Å²) in [6.07, 6.45) is 1.85. The van der Waals surface area contributed by atoms with Gasteiger partial charge in [0.1, 0.15) is 11.5 Å². The summed E-state index contributed by atoms with van der Waals surface area (Å²) >= 11 is 0. The topological polar surface area (TPSA) is 55.4 Å². The standard InChI is InChI=1S/C18H21NO3S/c20-23(21,14-15-10-12-19-13-11-15)18-8-6-17(7-9-18)22-16-4-2-1-3-5-16/h1-9,15,19H,10-14H2. The molecular formula is C18H21NO3S. The van der Waals surface area contributed by atoms with Crippen LogP contribution in [0.15, 0.2) is 59.5 Å². The zero-order chi connectivity index (χ0) is 16.1. The van der Waals surface area contributed by atoms with Crippen LogP contribution in [0.25, 0.3) is 0 Å². The molecule has 0 saturated carbocycles. The molecule has 2 aromatic rings. The van der Waals surface area contributed by atoms with Crippen LogP contribution in [0.5, 0.6) is 11.5 Å². The Bertz CT molecular complexity index is 721. The zero-order valence-corrected chi connectivity index (χ0v) is 13.8. The minimum Gasteiger partial charge on any atom is -0.457 e. The minimum absolute atomic E-state index is 0.230. The average molecular weight is 331 g/mol. The van der Waals surface area contributed by atoms with Gasteiger partial charge in [0.25, 0.3) is 0 Å². The Morgan fingerprint density at radius 1 is 0.913 bits per heavy atom. The molecule has 4 nitrogen and oxygen atoms in total. The lowest BCUT2D eigenvalue weighted by atomic mass is 10.0. The van der Waals surface area contributed by atoms with E-state index in [0.717, 1.165) is 31.7 Å². The molecule has 0 amide bonds. The molecule has 1 aliphatic heterocycles. The normalized spacial score (nSPS) is 16.2. The van der Waals surface area contributed by atoms with Crippen LogP contribution in [0.4, 0.5) is 0 Å². The largest absolute Gasteiger partial charge is 0.457 e. The highest BCUT2D eigenvalue weighted by molar-refractivity contribution is 7.91. The third-order valence-electron chi connectivity index (χ3n) is 4.08. The highest BCUT2D eigenvalue weighted by Gasteiger charge is 2.22. The van der Waals surface area contributed by atoms with Crippen molar-refractivity contribution in [2.45, 2.75) is 17.7 Å². The number of rotatable bonds is 5. The molecule has 2 aromatic carbocycles. The third-order valence-corrected chi connectivity index (χ3v) is 5.98. The highest BCUT2D eigenvalue weighted by atomic mass is 32.2. The van der Waals surface area contributed by atoms with Gasteiger partial charge in [0.05, 0.1) is 10.6 Å². The van der Waals surface area contributed by atoms with Gasteiger partial charge in [0.2, 0.25) is 0 Å². The summed E-state index contributed by atoms with van der Waals surface area (Å²) in [5.41, 5.74) is 0. The van der Waals surface area contributed by atoms with Crippen molar-refractivity contribution in [3.05, 3.63) is 54.6 Å². The van der Waals surface area contributed by atoms with Crippen molar-refractivity contribution in [1.82, 2.24) is 5.32 Å². The Morgan fingerprint density at radius 3 is 2.17 bits per heavy atom. The van der Waals surface area contributed by atoms with Gasteiger partial charge in [-0.3, -0.25) is 0 Å². The second kappa shape index (κ2) is 7.15. The van der Waals surface area contributed by atoms with Gasteiger partial charge in [-0.1, -0.05) is 18.2 Å². The van der Waals surface area contributed by atoms with E-state index in [1.807, 2.05) is 30.3 Å². The van der Waals surface area contributed by atoms with Crippen molar-refractivity contribution in [3.8, 4) is 11.5 Å². The number of sulfone groups is 1. The molecule has 23 heavy (non-hydrogen) atoms. The molecule has 0 radical (unpaired) electrons. The first-order valence-electron chi connectivity index (χ1n) is 7.90. The van der Waals surface area contributed by atoms with Crippen LogP contribution in [0, 0.1) is 5.92 Å². The van der Waals surface area contributed by atoms with E-state index in [2.05, 4.69) is 5.32 Å². The van der Waals surface area contributed by atoms with E-state index in [9.17, 15) is 8.42 Å². The molecule has 1 saturated heterocycles. The van der Waals surface area contributed by atoms with Crippen LogP contribution >= 0.6 is 0 Å². The number of piperidine rings is 1. The van der Waals surface area contributed by atoms with E-state index in [-0.39, 0.29) is 11.7 Å². The van der Waals surface area contributed by atoms with Gasteiger partial charge in [-0.25, -0.2) is 8.42 Å². The number of para-hydroxylation sites is 1. The van der Waals surface area contributed by atoms with E-state index in [4.69, 9.17) is 4.74 Å². The quantitative estimate of drug-likeness (QED) is 0.914. The lowest BCUT2D eigenvalue weighted by molar-refractivity contribution is 0.401. The molecule has 0 unspecified atom stereocenters. The van der Waals surface area contributed by atoms with Crippen molar-refractivity contribution in [2.75, 3.05) is 18.8 Å². The van der Waals surface area contributed by atoms with Crippen LogP contribution in [0.1, 0.15) is 12.8 Å². The number of hydrogen-bond acceptors (Lipinski definition) is 4. The Kier molecular flexibility index (Phi) is 4.98. The molecule has 0 bridgehead atoms. The average Bonchev–Trinajstić information content (AvgIpc) is 2.57. The van der Waals surface area contributed by atoms with E-state index in [0.29, 0.717) is 10.6 Å². The molecule has 0 spiro atoms. The van der Waals surface area contributed by atoms with E-state index < -0.39 is 9.84 Å². The van der Waals surface area contributed by atoms with Crippen molar-refractivity contribution in [2.24, 2.45) is 5.92 Å². The van der Waals surface area contributed by atoms with Crippen molar-refractivity contribution < 1.29 is 13.2 Å². The molecule has 0 atom stereocenters. The first-order chi connectivity index (χ1) is 11.1. The van der Waals surface area contributed by atoms with Crippen LogP contribution in [0.2, 0.25) is 0 Å². The van der Waals surface area contributed by atoms with Crippen LogP contribution < -0.4 is 10.1 Å². The van der Waals surface area contributed by atoms with Crippen molar-refractivity contribution in [3.63, 3.8) is 0 Å². The molecular weight excluding hydrogens is 310 g/mol. The van der Waals surface area contributed by atoms with Gasteiger partial charge >= 0.3 is 0 Å². The molecule has 0 aromatic heterocycles. The minimum atomic E-state index is -3.23. The van der Waals surface area contributed by atoms with Crippen LogP contribution in [0.3, 0.4) is 0 Å². The molecule has 1 heterocycles. The smallest absolute Gasteiger partial charge is 0.178 e. The third kappa shape index (κ3) is 4.33. The fraction of sp³-hybridized carbons (Fsp3) is 0.333. The first kappa shape index (κ1) is 16.0. The summed E-state index contributed by atoms with van der Waals surface area (Å²) in [6, 6.07) is 16.1. The fourth-order valence-electron chi connectivity index (χ4n) is 2.79. The second-order valence-corrected chi connectivity index (χ2v) is 7.90. The summed E-state index contributed by atoms with van der Waals surface area (Å²) in [6.45, 7) is 1.81. The predicted octanol–water partition coefficient (Wildman–Crippen LogP) is 3.25. The number of hydrogen-bond donors (Lipinski definition) is 1. The van der Waals surface area contributed by atoms with E-state index in [1.165, 1.54) is 0 Å². The molecule has 1 fully saturated rings. The molecule has 1 aliphatic rings. The van der Waals surface area contributed by atoms with Crippen LogP contribution in [-0.4, -0.2) is 27.3 Å². The van der Waals surface area contributed by atoms with Crippen molar-refractivity contribution in [1.29, 1.82) is 0 Å². The van der Waals surface area contributed by atoms with E-state index in [1.54, 1.807) is 24.3 Å². The number of benzene rings is 2. The van der Waals surface area contributed by atoms with Crippen molar-refractivity contribution >= 4 is 9.84 Å². The van der Waals surface area contributed by atoms with Gasteiger partial charge in [-0.2, -0.15) is 0 Å². The zero-order valence-electron chi connectivity index (χ0n) is 12.9. The summed E-state index contributed by atoms with van der Waals surface area (Å²) < 4.78 is 30.7. The molecule has 1 N–H and O–H groups in total. The maximum absolute atomic E-state index is 12.5. The molecule has 122 valence electrons. The van der Waals surface area contributed by atoms with Gasteiger partial charge < -0.3 is 10.1 Å². The van der Waals surface area contributed by atoms with Crippen LogP contribution in [-0.2, 0) is 9.84 Å². The summed E-state index contributed by atoms with van der Waals surface area (Å²) in [5.74, 6) is 1.85. The molecule has 3 rings (SSSR count). The maximum atomic E-state index is 12.5. The SMILES string of the molecule is O=S(=O)(CC1CCNCC1)c1ccc(Oc2ccccc2)cc1. The Hall–Kier alpha value is -1.85.